The molecule has 3 heterocycles. The smallest absolute Gasteiger partial charge is 0.274 e. The van der Waals surface area contributed by atoms with Crippen LogP contribution in [-0.4, -0.2) is 27.5 Å². The zero-order valence-corrected chi connectivity index (χ0v) is 16.7. The van der Waals surface area contributed by atoms with E-state index in [0.29, 0.717) is 34.5 Å². The van der Waals surface area contributed by atoms with Gasteiger partial charge >= 0.3 is 0 Å². The van der Waals surface area contributed by atoms with Crippen LogP contribution in [-0.2, 0) is 6.54 Å². The number of rotatable bonds is 3. The number of pyridine rings is 1. The highest BCUT2D eigenvalue weighted by Crippen LogP contribution is 2.41. The summed E-state index contributed by atoms with van der Waals surface area (Å²) in [5.41, 5.74) is 5.17. The van der Waals surface area contributed by atoms with E-state index in [1.165, 1.54) is 0 Å². The number of aromatic amines is 1. The predicted molar refractivity (Wildman–Crippen MR) is 118 cm³/mol. The third-order valence-electron chi connectivity index (χ3n) is 5.85. The molecule has 8 heteroatoms. The van der Waals surface area contributed by atoms with Crippen LogP contribution in [0.15, 0.2) is 65.5 Å². The fraction of sp³-hybridized carbons (Fsp3) is 0.0833. The fourth-order valence-corrected chi connectivity index (χ4v) is 4.44. The number of H-pyrrole nitrogens is 1. The SMILES string of the molecule is O=C(NO)c1cccc(Cn2c3cc4c(cc3c3[nH]c(=O)c5ccccc5c32)OCO4)c1. The van der Waals surface area contributed by atoms with Gasteiger partial charge in [-0.1, -0.05) is 30.3 Å². The molecule has 0 fully saturated rings. The summed E-state index contributed by atoms with van der Waals surface area (Å²) < 4.78 is 13.3. The first-order valence-electron chi connectivity index (χ1n) is 10.0. The van der Waals surface area contributed by atoms with Gasteiger partial charge in [-0.2, -0.15) is 0 Å². The Hall–Kier alpha value is -4.30. The molecule has 6 rings (SSSR count). The number of amides is 1. The summed E-state index contributed by atoms with van der Waals surface area (Å²) in [6, 6.07) is 18.3. The van der Waals surface area contributed by atoms with Crippen LogP contribution in [0.25, 0.3) is 32.7 Å². The Balaban J connectivity index is 1.68. The average Bonchev–Trinajstić information content (AvgIpc) is 3.40. The second-order valence-electron chi connectivity index (χ2n) is 7.67. The molecule has 1 aliphatic rings. The average molecular weight is 427 g/mol. The molecule has 0 bridgehead atoms. The van der Waals surface area contributed by atoms with Crippen LogP contribution in [0.5, 0.6) is 11.5 Å². The van der Waals surface area contributed by atoms with Crippen LogP contribution in [0.3, 0.4) is 0 Å². The van der Waals surface area contributed by atoms with Crippen molar-refractivity contribution in [2.75, 3.05) is 6.79 Å². The maximum absolute atomic E-state index is 12.8. The number of carbonyl (C=O) groups excluding carboxylic acids is 1. The molecule has 3 N–H and O–H groups in total. The van der Waals surface area contributed by atoms with E-state index < -0.39 is 5.91 Å². The second kappa shape index (κ2) is 6.86. The van der Waals surface area contributed by atoms with Gasteiger partial charge in [-0.05, 0) is 29.8 Å². The van der Waals surface area contributed by atoms with Crippen LogP contribution in [0.2, 0.25) is 0 Å². The Morgan fingerprint density at radius 3 is 2.59 bits per heavy atom. The number of ether oxygens (including phenoxy) is 2. The topological polar surface area (TPSA) is 106 Å². The lowest BCUT2D eigenvalue weighted by atomic mass is 10.1. The molecular formula is C24H17N3O5. The van der Waals surface area contributed by atoms with Crippen molar-refractivity contribution < 1.29 is 19.5 Å². The van der Waals surface area contributed by atoms with Crippen LogP contribution in [0.1, 0.15) is 15.9 Å². The van der Waals surface area contributed by atoms with Gasteiger partial charge < -0.3 is 19.0 Å². The zero-order chi connectivity index (χ0) is 21.8. The van der Waals surface area contributed by atoms with Crippen molar-refractivity contribution in [1.29, 1.82) is 0 Å². The number of carbonyl (C=O) groups is 1. The molecule has 3 aromatic carbocycles. The van der Waals surface area contributed by atoms with Crippen molar-refractivity contribution in [2.45, 2.75) is 6.54 Å². The van der Waals surface area contributed by atoms with Gasteiger partial charge in [-0.25, -0.2) is 5.48 Å². The molecule has 0 saturated carbocycles. The lowest BCUT2D eigenvalue weighted by Crippen LogP contribution is -2.18. The molecule has 1 amide bonds. The third-order valence-corrected chi connectivity index (χ3v) is 5.85. The van der Waals surface area contributed by atoms with Crippen LogP contribution >= 0.6 is 0 Å². The number of hydroxylamine groups is 1. The Morgan fingerprint density at radius 1 is 1.00 bits per heavy atom. The van der Waals surface area contributed by atoms with Gasteiger partial charge in [0.2, 0.25) is 6.79 Å². The van der Waals surface area contributed by atoms with Crippen molar-refractivity contribution in [2.24, 2.45) is 0 Å². The van der Waals surface area contributed by atoms with Gasteiger partial charge in [0.05, 0.1) is 16.6 Å². The summed E-state index contributed by atoms with van der Waals surface area (Å²) in [5, 5.41) is 11.3. The van der Waals surface area contributed by atoms with Crippen molar-refractivity contribution >= 4 is 38.6 Å². The lowest BCUT2D eigenvalue weighted by molar-refractivity contribution is 0.0706. The number of nitrogens with one attached hydrogen (secondary N) is 2. The molecule has 1 aliphatic heterocycles. The Bertz CT molecular complexity index is 1620. The van der Waals surface area contributed by atoms with Gasteiger partial charge in [-0.15, -0.1) is 0 Å². The Labute approximate surface area is 180 Å². The first-order chi connectivity index (χ1) is 15.6. The van der Waals surface area contributed by atoms with E-state index in [1.807, 2.05) is 36.4 Å². The van der Waals surface area contributed by atoms with Crippen molar-refractivity contribution in [3.05, 3.63) is 82.1 Å². The number of hydrogen-bond acceptors (Lipinski definition) is 5. The molecule has 5 aromatic rings. The van der Waals surface area contributed by atoms with Crippen LogP contribution in [0, 0.1) is 0 Å². The van der Waals surface area contributed by atoms with E-state index in [2.05, 4.69) is 9.55 Å². The summed E-state index contributed by atoms with van der Waals surface area (Å²) in [7, 11) is 0. The largest absolute Gasteiger partial charge is 0.454 e. The lowest BCUT2D eigenvalue weighted by Gasteiger charge is -2.11. The minimum atomic E-state index is -0.577. The highest BCUT2D eigenvalue weighted by molar-refractivity contribution is 6.16. The van der Waals surface area contributed by atoms with Crippen LogP contribution < -0.4 is 20.5 Å². The molecule has 0 spiro atoms. The van der Waals surface area contributed by atoms with Crippen molar-refractivity contribution in [3.8, 4) is 11.5 Å². The van der Waals surface area contributed by atoms with E-state index in [-0.39, 0.29) is 12.4 Å². The molecular weight excluding hydrogens is 410 g/mol. The monoisotopic (exact) mass is 427 g/mol. The number of benzene rings is 3. The van der Waals surface area contributed by atoms with Crippen molar-refractivity contribution in [1.82, 2.24) is 15.0 Å². The third kappa shape index (κ3) is 2.67. The van der Waals surface area contributed by atoms with E-state index >= 15 is 0 Å². The molecule has 0 aliphatic carbocycles. The normalized spacial score (nSPS) is 12.7. The molecule has 0 unspecified atom stereocenters. The second-order valence-corrected chi connectivity index (χ2v) is 7.67. The Morgan fingerprint density at radius 2 is 1.78 bits per heavy atom. The van der Waals surface area contributed by atoms with Gasteiger partial charge in [0.25, 0.3) is 11.5 Å². The minimum absolute atomic E-state index is 0.150. The molecule has 158 valence electrons. The number of fused-ring (bicyclic) bond motifs is 6. The molecule has 0 radical (unpaired) electrons. The minimum Gasteiger partial charge on any atom is -0.454 e. The molecule has 32 heavy (non-hydrogen) atoms. The molecule has 2 aromatic heterocycles. The Kier molecular flexibility index (Phi) is 3.96. The van der Waals surface area contributed by atoms with Gasteiger partial charge in [0, 0.05) is 34.3 Å². The number of hydrogen-bond donors (Lipinski definition) is 3. The number of aromatic nitrogens is 2. The van der Waals surface area contributed by atoms with E-state index in [0.717, 1.165) is 27.4 Å². The highest BCUT2D eigenvalue weighted by Gasteiger charge is 2.22. The quantitative estimate of drug-likeness (QED) is 0.302. The van der Waals surface area contributed by atoms with E-state index in [4.69, 9.17) is 14.7 Å². The van der Waals surface area contributed by atoms with Gasteiger partial charge in [0.15, 0.2) is 11.5 Å². The molecule has 0 atom stereocenters. The predicted octanol–water partition coefficient (Wildman–Crippen LogP) is 3.53. The van der Waals surface area contributed by atoms with E-state index in [1.54, 1.807) is 29.7 Å². The summed E-state index contributed by atoms with van der Waals surface area (Å²) in [6.07, 6.45) is 0. The zero-order valence-electron chi connectivity index (χ0n) is 16.7. The van der Waals surface area contributed by atoms with E-state index in [9.17, 15) is 9.59 Å². The number of nitrogens with zero attached hydrogens (tertiary/aromatic N) is 1. The maximum atomic E-state index is 12.8. The van der Waals surface area contributed by atoms with Gasteiger partial charge in [-0.3, -0.25) is 14.8 Å². The summed E-state index contributed by atoms with van der Waals surface area (Å²) in [6.45, 7) is 0.583. The summed E-state index contributed by atoms with van der Waals surface area (Å²) in [5.74, 6) is 0.695. The standard InChI is InChI=1S/C24H17N3O5/c28-23(26-30)14-5-3-4-13(8-14)11-27-18-10-20-19(31-12-32-20)9-17(18)21-22(27)15-6-1-2-7-16(15)24(29)25-21/h1-10,30H,11-12H2,(H,25,29)(H,26,28). The first-order valence-corrected chi connectivity index (χ1v) is 10.0. The van der Waals surface area contributed by atoms with Crippen LogP contribution in [0.4, 0.5) is 0 Å². The molecule has 8 nitrogen and oxygen atoms in total. The van der Waals surface area contributed by atoms with Crippen molar-refractivity contribution in [3.63, 3.8) is 0 Å². The van der Waals surface area contributed by atoms with Gasteiger partial charge in [0.1, 0.15) is 0 Å². The summed E-state index contributed by atoms with van der Waals surface area (Å²) >= 11 is 0. The molecule has 0 saturated heterocycles. The fourth-order valence-electron chi connectivity index (χ4n) is 4.44. The maximum Gasteiger partial charge on any atom is 0.274 e. The first kappa shape index (κ1) is 18.5. The highest BCUT2D eigenvalue weighted by atomic mass is 16.7. The summed E-state index contributed by atoms with van der Waals surface area (Å²) in [4.78, 5) is 27.7.